The predicted molar refractivity (Wildman–Crippen MR) is 140 cm³/mol. The van der Waals surface area contributed by atoms with E-state index in [2.05, 4.69) is 44.3 Å². The Bertz CT molecular complexity index is 1210. The Kier molecular flexibility index (Phi) is 6.77. The summed E-state index contributed by atoms with van der Waals surface area (Å²) in [5, 5.41) is 4.87. The lowest BCUT2D eigenvalue weighted by molar-refractivity contribution is 0.0985. The molecule has 0 spiro atoms. The first-order valence-electron chi connectivity index (χ1n) is 10.7. The van der Waals surface area contributed by atoms with Crippen molar-refractivity contribution in [1.82, 2.24) is 14.9 Å². The molecule has 0 unspecified atom stereocenters. The van der Waals surface area contributed by atoms with Gasteiger partial charge in [-0.05, 0) is 43.4 Å². The molecule has 0 atom stereocenters. The lowest BCUT2D eigenvalue weighted by Crippen LogP contribution is -2.44. The summed E-state index contributed by atoms with van der Waals surface area (Å²) in [5.41, 5.74) is 2.91. The fourth-order valence-corrected chi connectivity index (χ4v) is 5.89. The first-order chi connectivity index (χ1) is 16.4. The van der Waals surface area contributed by atoms with E-state index < -0.39 is 0 Å². The Morgan fingerprint density at radius 2 is 1.68 bits per heavy atom. The van der Waals surface area contributed by atoms with Gasteiger partial charge in [-0.25, -0.2) is 9.97 Å². The molecule has 0 saturated carbocycles. The van der Waals surface area contributed by atoms with Crippen LogP contribution in [0.25, 0.3) is 0 Å². The van der Waals surface area contributed by atoms with Crippen LogP contribution in [0.4, 0.5) is 23.0 Å². The number of hydrogen-bond acceptors (Lipinski definition) is 7. The summed E-state index contributed by atoms with van der Waals surface area (Å²) in [6, 6.07) is 11.4. The van der Waals surface area contributed by atoms with E-state index >= 15 is 0 Å². The molecule has 7 nitrogen and oxygen atoms in total. The lowest BCUT2D eigenvalue weighted by atomic mass is 10.2. The number of halogens is 3. The van der Waals surface area contributed by atoms with E-state index in [0.717, 1.165) is 31.9 Å². The van der Waals surface area contributed by atoms with Gasteiger partial charge in [0, 0.05) is 48.8 Å². The third-order valence-corrected chi connectivity index (χ3v) is 7.57. The normalized spacial score (nSPS) is 16.5. The Balaban J connectivity index is 1.31. The minimum absolute atomic E-state index is 0.261. The number of aromatic nitrogens is 2. The molecule has 3 aromatic rings. The SMILES string of the molecule is CN1CCN(c2ccc(Nc3ncc4c(n3)SCN(c3c(Cl)cc(Cl)cc3Cl)C4=O)cc2)CC1. The number of hydrogen-bond donors (Lipinski definition) is 1. The zero-order valence-corrected chi connectivity index (χ0v) is 21.3. The van der Waals surface area contributed by atoms with Crippen LogP contribution in [0.3, 0.4) is 0 Å². The van der Waals surface area contributed by atoms with Crippen molar-refractivity contribution < 1.29 is 4.79 Å². The highest BCUT2D eigenvalue weighted by atomic mass is 35.5. The molecule has 1 saturated heterocycles. The van der Waals surface area contributed by atoms with Gasteiger partial charge in [0.25, 0.3) is 5.91 Å². The molecular weight excluding hydrogens is 515 g/mol. The van der Waals surface area contributed by atoms with Crippen molar-refractivity contribution in [3.63, 3.8) is 0 Å². The number of carbonyl (C=O) groups is 1. The second kappa shape index (κ2) is 9.79. The number of thioether (sulfide) groups is 1. The summed E-state index contributed by atoms with van der Waals surface area (Å²) in [7, 11) is 2.15. The summed E-state index contributed by atoms with van der Waals surface area (Å²) in [6.45, 7) is 4.16. The molecule has 3 heterocycles. The van der Waals surface area contributed by atoms with Crippen molar-refractivity contribution in [2.24, 2.45) is 0 Å². The van der Waals surface area contributed by atoms with Gasteiger partial charge >= 0.3 is 0 Å². The number of rotatable bonds is 4. The summed E-state index contributed by atoms with van der Waals surface area (Å²) in [5.74, 6) is 0.494. The van der Waals surface area contributed by atoms with E-state index in [0.29, 0.717) is 43.2 Å². The fourth-order valence-electron chi connectivity index (χ4n) is 3.92. The minimum Gasteiger partial charge on any atom is -0.369 e. The molecular formula is C23H21Cl3N6OS. The van der Waals surface area contributed by atoms with Crippen LogP contribution >= 0.6 is 46.6 Å². The third kappa shape index (κ3) is 4.78. The average molecular weight is 536 g/mol. The van der Waals surface area contributed by atoms with Crippen LogP contribution in [-0.4, -0.2) is 59.9 Å². The maximum atomic E-state index is 13.1. The van der Waals surface area contributed by atoms with Gasteiger partial charge in [-0.3, -0.25) is 9.69 Å². The number of nitrogens with zero attached hydrogens (tertiary/aromatic N) is 5. The Morgan fingerprint density at radius 1 is 1.00 bits per heavy atom. The van der Waals surface area contributed by atoms with Gasteiger partial charge in [-0.15, -0.1) is 0 Å². The van der Waals surface area contributed by atoms with Gasteiger partial charge in [-0.1, -0.05) is 46.6 Å². The van der Waals surface area contributed by atoms with Crippen LogP contribution in [0, 0.1) is 0 Å². The van der Waals surface area contributed by atoms with Crippen molar-refractivity contribution in [1.29, 1.82) is 0 Å². The van der Waals surface area contributed by atoms with Gasteiger partial charge in [0.1, 0.15) is 5.03 Å². The number of anilines is 4. The van der Waals surface area contributed by atoms with Crippen molar-refractivity contribution in [3.05, 3.63) is 63.2 Å². The molecule has 2 aromatic carbocycles. The number of carbonyl (C=O) groups excluding carboxylic acids is 1. The molecule has 1 aromatic heterocycles. The molecule has 2 aliphatic heterocycles. The summed E-state index contributed by atoms with van der Waals surface area (Å²) >= 11 is 20.1. The van der Waals surface area contributed by atoms with Crippen LogP contribution in [0.1, 0.15) is 10.4 Å². The zero-order valence-electron chi connectivity index (χ0n) is 18.3. The van der Waals surface area contributed by atoms with E-state index in [1.807, 2.05) is 12.1 Å². The van der Waals surface area contributed by atoms with Crippen molar-refractivity contribution >= 4 is 75.5 Å². The van der Waals surface area contributed by atoms with Crippen LogP contribution in [0.2, 0.25) is 15.1 Å². The second-order valence-corrected chi connectivity index (χ2v) is 10.3. The van der Waals surface area contributed by atoms with Gasteiger partial charge in [0.2, 0.25) is 5.95 Å². The van der Waals surface area contributed by atoms with Gasteiger partial charge in [0.15, 0.2) is 0 Å². The zero-order chi connectivity index (χ0) is 23.8. The number of nitrogens with one attached hydrogen (secondary N) is 1. The molecule has 176 valence electrons. The average Bonchev–Trinajstić information content (AvgIpc) is 2.81. The largest absolute Gasteiger partial charge is 0.369 e. The molecule has 0 bridgehead atoms. The van der Waals surface area contributed by atoms with Crippen molar-refractivity contribution in [2.75, 3.05) is 54.2 Å². The van der Waals surface area contributed by atoms with Crippen molar-refractivity contribution in [3.8, 4) is 0 Å². The highest BCUT2D eigenvalue weighted by molar-refractivity contribution is 7.99. The summed E-state index contributed by atoms with van der Waals surface area (Å²) < 4.78 is 0. The van der Waals surface area contributed by atoms with Crippen molar-refractivity contribution in [2.45, 2.75) is 5.03 Å². The predicted octanol–water partition coefficient (Wildman–Crippen LogP) is 5.64. The van der Waals surface area contributed by atoms with Crippen LogP contribution in [0.5, 0.6) is 0 Å². The number of benzene rings is 2. The summed E-state index contributed by atoms with van der Waals surface area (Å²) in [4.78, 5) is 28.3. The minimum atomic E-state index is -0.261. The summed E-state index contributed by atoms with van der Waals surface area (Å²) in [6.07, 6.45) is 1.53. The second-order valence-electron chi connectivity index (χ2n) is 8.10. The number of likely N-dealkylation sites (N-methyl/N-ethyl adjacent to an activating group) is 1. The van der Waals surface area contributed by atoms with E-state index in [4.69, 9.17) is 34.8 Å². The number of fused-ring (bicyclic) bond motifs is 1. The van der Waals surface area contributed by atoms with E-state index in [1.165, 1.54) is 28.5 Å². The maximum absolute atomic E-state index is 13.1. The molecule has 1 N–H and O–H groups in total. The molecule has 2 aliphatic rings. The van der Waals surface area contributed by atoms with Gasteiger partial charge in [0.05, 0.1) is 27.2 Å². The molecule has 1 amide bonds. The van der Waals surface area contributed by atoms with Gasteiger partial charge in [-0.2, -0.15) is 0 Å². The molecule has 1 fully saturated rings. The van der Waals surface area contributed by atoms with Crippen LogP contribution in [-0.2, 0) is 0 Å². The Morgan fingerprint density at radius 3 is 2.35 bits per heavy atom. The molecule has 11 heteroatoms. The highest BCUT2D eigenvalue weighted by Gasteiger charge is 2.31. The standard InChI is InChI=1S/C23H21Cl3N6OS/c1-30-6-8-31(9-7-30)16-4-2-15(3-5-16)28-23-27-12-17-21(29-23)34-13-32(22(17)33)20-18(25)10-14(24)11-19(20)26/h2-5,10-12H,6-9,13H2,1H3,(H,27,28,29). The van der Waals surface area contributed by atoms with E-state index in [9.17, 15) is 4.79 Å². The van der Waals surface area contributed by atoms with Gasteiger partial charge < -0.3 is 15.1 Å². The van der Waals surface area contributed by atoms with Crippen LogP contribution < -0.4 is 15.1 Å². The highest BCUT2D eigenvalue weighted by Crippen LogP contribution is 2.41. The van der Waals surface area contributed by atoms with E-state index in [-0.39, 0.29) is 5.91 Å². The molecule has 0 radical (unpaired) electrons. The topological polar surface area (TPSA) is 64.6 Å². The Labute approximate surface area is 217 Å². The molecule has 34 heavy (non-hydrogen) atoms. The number of piperazine rings is 1. The third-order valence-electron chi connectivity index (χ3n) is 5.80. The number of amides is 1. The smallest absolute Gasteiger partial charge is 0.263 e. The fraction of sp³-hybridized carbons (Fsp3) is 0.261. The molecule has 0 aliphatic carbocycles. The van der Waals surface area contributed by atoms with Crippen LogP contribution in [0.15, 0.2) is 47.6 Å². The van der Waals surface area contributed by atoms with E-state index in [1.54, 1.807) is 12.1 Å². The lowest BCUT2D eigenvalue weighted by Gasteiger charge is -2.34. The first kappa shape index (κ1) is 23.5. The first-order valence-corrected chi connectivity index (χ1v) is 12.8. The Hall–Kier alpha value is -2.23. The quantitative estimate of drug-likeness (QED) is 0.434. The monoisotopic (exact) mass is 534 g/mol. The molecule has 5 rings (SSSR count). The maximum Gasteiger partial charge on any atom is 0.263 e.